The first kappa shape index (κ1) is 12.6. The summed E-state index contributed by atoms with van der Waals surface area (Å²) in [6.45, 7) is 1.70. The van der Waals surface area contributed by atoms with Crippen LogP contribution in [-0.4, -0.2) is 30.3 Å². The minimum Gasteiger partial charge on any atom is -0.478 e. The number of carbonyl (C=O) groups is 1. The van der Waals surface area contributed by atoms with Crippen molar-refractivity contribution in [3.63, 3.8) is 0 Å². The first-order valence-corrected chi connectivity index (χ1v) is 7.15. The summed E-state index contributed by atoms with van der Waals surface area (Å²) in [5.74, 6) is -1.05. The van der Waals surface area contributed by atoms with Gasteiger partial charge in [0.25, 0.3) is 0 Å². The lowest BCUT2D eigenvalue weighted by Gasteiger charge is -2.00. The molecule has 0 fully saturated rings. The van der Waals surface area contributed by atoms with E-state index in [0.717, 1.165) is 6.26 Å². The summed E-state index contributed by atoms with van der Waals surface area (Å²) in [4.78, 5) is 11.4. The van der Waals surface area contributed by atoms with E-state index < -0.39 is 15.8 Å². The van der Waals surface area contributed by atoms with Crippen LogP contribution in [0.3, 0.4) is 0 Å². The SMILES string of the molecule is Cc1c(C(=O)O)c2cc(S(C)(=O)=O)ccc2n1C. The summed E-state index contributed by atoms with van der Waals surface area (Å²) in [5.41, 5.74) is 1.46. The molecule has 1 aromatic heterocycles. The van der Waals surface area contributed by atoms with Crippen LogP contribution in [0.2, 0.25) is 0 Å². The van der Waals surface area contributed by atoms with Crippen molar-refractivity contribution in [3.05, 3.63) is 29.5 Å². The molecule has 1 N–H and O–H groups in total. The van der Waals surface area contributed by atoms with E-state index >= 15 is 0 Å². The molecule has 0 bridgehead atoms. The highest BCUT2D eigenvalue weighted by molar-refractivity contribution is 7.90. The Hall–Kier alpha value is -1.82. The zero-order valence-electron chi connectivity index (χ0n) is 10.3. The van der Waals surface area contributed by atoms with Gasteiger partial charge in [0, 0.05) is 29.9 Å². The molecule has 6 heteroatoms. The van der Waals surface area contributed by atoms with E-state index in [2.05, 4.69) is 0 Å². The second kappa shape index (κ2) is 3.84. The molecule has 0 atom stereocenters. The second-order valence-corrected chi connectivity index (χ2v) is 6.29. The third-order valence-electron chi connectivity index (χ3n) is 3.11. The highest BCUT2D eigenvalue weighted by Gasteiger charge is 2.19. The second-order valence-electron chi connectivity index (χ2n) is 4.28. The highest BCUT2D eigenvalue weighted by atomic mass is 32.2. The molecule has 1 heterocycles. The van der Waals surface area contributed by atoms with Gasteiger partial charge >= 0.3 is 5.97 Å². The van der Waals surface area contributed by atoms with Crippen molar-refractivity contribution in [1.82, 2.24) is 4.57 Å². The largest absolute Gasteiger partial charge is 0.478 e. The summed E-state index contributed by atoms with van der Waals surface area (Å²) < 4.78 is 24.7. The maximum absolute atomic E-state index is 11.5. The van der Waals surface area contributed by atoms with Crippen LogP contribution in [0.4, 0.5) is 0 Å². The number of aromatic nitrogens is 1. The monoisotopic (exact) mass is 267 g/mol. The standard InChI is InChI=1S/C12H13NO4S/c1-7-11(12(14)15)9-6-8(18(3,16)17)4-5-10(9)13(7)2/h4-6H,1-3H3,(H,14,15). The van der Waals surface area contributed by atoms with Crippen LogP contribution in [0.5, 0.6) is 0 Å². The highest BCUT2D eigenvalue weighted by Crippen LogP contribution is 2.27. The lowest BCUT2D eigenvalue weighted by atomic mass is 10.1. The van der Waals surface area contributed by atoms with Gasteiger partial charge in [-0.3, -0.25) is 0 Å². The van der Waals surface area contributed by atoms with E-state index in [4.69, 9.17) is 0 Å². The van der Waals surface area contributed by atoms with E-state index in [1.54, 1.807) is 24.6 Å². The number of benzene rings is 1. The number of nitrogens with zero attached hydrogens (tertiary/aromatic N) is 1. The fraction of sp³-hybridized carbons (Fsp3) is 0.250. The average molecular weight is 267 g/mol. The van der Waals surface area contributed by atoms with Gasteiger partial charge in [-0.25, -0.2) is 13.2 Å². The van der Waals surface area contributed by atoms with Gasteiger partial charge in [-0.05, 0) is 25.1 Å². The predicted molar refractivity (Wildman–Crippen MR) is 67.7 cm³/mol. The Morgan fingerprint density at radius 2 is 1.94 bits per heavy atom. The number of carboxylic acids is 1. The van der Waals surface area contributed by atoms with E-state index in [1.807, 2.05) is 0 Å². The molecule has 0 saturated heterocycles. The van der Waals surface area contributed by atoms with E-state index in [1.165, 1.54) is 12.1 Å². The Bertz CT molecular complexity index is 756. The lowest BCUT2D eigenvalue weighted by molar-refractivity contribution is 0.0698. The van der Waals surface area contributed by atoms with Gasteiger partial charge in [0.1, 0.15) is 0 Å². The van der Waals surface area contributed by atoms with Crippen LogP contribution in [0, 0.1) is 6.92 Å². The molecule has 0 spiro atoms. The summed E-state index contributed by atoms with van der Waals surface area (Å²) >= 11 is 0. The third-order valence-corrected chi connectivity index (χ3v) is 4.22. The molecule has 0 aliphatic carbocycles. The Morgan fingerprint density at radius 1 is 1.33 bits per heavy atom. The summed E-state index contributed by atoms with van der Waals surface area (Å²) in [5, 5.41) is 9.66. The molecule has 0 aliphatic rings. The van der Waals surface area contributed by atoms with Crippen LogP contribution in [-0.2, 0) is 16.9 Å². The average Bonchev–Trinajstić information content (AvgIpc) is 2.50. The van der Waals surface area contributed by atoms with E-state index in [-0.39, 0.29) is 10.5 Å². The number of rotatable bonds is 2. The van der Waals surface area contributed by atoms with Crippen molar-refractivity contribution in [2.75, 3.05) is 6.26 Å². The van der Waals surface area contributed by atoms with Gasteiger partial charge in [0.05, 0.1) is 10.5 Å². The van der Waals surface area contributed by atoms with Crippen molar-refractivity contribution in [2.24, 2.45) is 7.05 Å². The minimum atomic E-state index is -3.34. The molecule has 0 unspecified atom stereocenters. The molecule has 2 rings (SSSR count). The third kappa shape index (κ3) is 1.78. The molecule has 2 aromatic rings. The van der Waals surface area contributed by atoms with Gasteiger partial charge in [-0.2, -0.15) is 0 Å². The molecular weight excluding hydrogens is 254 g/mol. The van der Waals surface area contributed by atoms with Crippen molar-refractivity contribution >= 4 is 26.7 Å². The molecule has 0 aliphatic heterocycles. The zero-order valence-corrected chi connectivity index (χ0v) is 11.1. The molecule has 1 aromatic carbocycles. The van der Waals surface area contributed by atoms with E-state index in [9.17, 15) is 18.3 Å². The Kier molecular flexibility index (Phi) is 2.70. The quantitative estimate of drug-likeness (QED) is 0.896. The number of fused-ring (bicyclic) bond motifs is 1. The van der Waals surface area contributed by atoms with Crippen molar-refractivity contribution in [2.45, 2.75) is 11.8 Å². The number of aromatic carboxylic acids is 1. The summed E-state index contributed by atoms with van der Waals surface area (Å²) in [7, 11) is -1.59. The topological polar surface area (TPSA) is 76.4 Å². The molecular formula is C12H13NO4S. The maximum Gasteiger partial charge on any atom is 0.338 e. The molecule has 0 radical (unpaired) electrons. The molecule has 18 heavy (non-hydrogen) atoms. The first-order valence-electron chi connectivity index (χ1n) is 5.26. The molecule has 0 amide bonds. The van der Waals surface area contributed by atoms with Gasteiger partial charge < -0.3 is 9.67 Å². The Balaban J connectivity index is 2.93. The van der Waals surface area contributed by atoms with Crippen molar-refractivity contribution in [1.29, 1.82) is 0 Å². The maximum atomic E-state index is 11.5. The first-order chi connectivity index (χ1) is 8.23. The lowest BCUT2D eigenvalue weighted by Crippen LogP contribution is -2.00. The summed E-state index contributed by atoms with van der Waals surface area (Å²) in [6, 6.07) is 4.54. The van der Waals surface area contributed by atoms with Crippen LogP contribution in [0.15, 0.2) is 23.1 Å². The normalized spacial score (nSPS) is 11.9. The fourth-order valence-electron chi connectivity index (χ4n) is 2.05. The van der Waals surface area contributed by atoms with Crippen LogP contribution in [0.25, 0.3) is 10.9 Å². The van der Waals surface area contributed by atoms with Crippen LogP contribution < -0.4 is 0 Å². The number of aryl methyl sites for hydroxylation is 1. The van der Waals surface area contributed by atoms with E-state index in [0.29, 0.717) is 16.6 Å². The molecule has 5 nitrogen and oxygen atoms in total. The Labute approximate surface area is 105 Å². The van der Waals surface area contributed by atoms with Crippen LogP contribution in [0.1, 0.15) is 16.1 Å². The Morgan fingerprint density at radius 3 is 2.44 bits per heavy atom. The smallest absolute Gasteiger partial charge is 0.338 e. The predicted octanol–water partition coefficient (Wildman–Crippen LogP) is 1.59. The number of hydrogen-bond acceptors (Lipinski definition) is 3. The van der Waals surface area contributed by atoms with Gasteiger partial charge in [-0.15, -0.1) is 0 Å². The van der Waals surface area contributed by atoms with Crippen molar-refractivity contribution < 1.29 is 18.3 Å². The zero-order chi connectivity index (χ0) is 13.7. The molecule has 96 valence electrons. The number of sulfone groups is 1. The van der Waals surface area contributed by atoms with Gasteiger partial charge in [0.15, 0.2) is 9.84 Å². The van der Waals surface area contributed by atoms with Crippen LogP contribution >= 0.6 is 0 Å². The molecule has 0 saturated carbocycles. The summed E-state index contributed by atoms with van der Waals surface area (Å²) in [6.07, 6.45) is 1.10. The van der Waals surface area contributed by atoms with Gasteiger partial charge in [0.2, 0.25) is 0 Å². The van der Waals surface area contributed by atoms with Gasteiger partial charge in [-0.1, -0.05) is 0 Å². The van der Waals surface area contributed by atoms with Crippen molar-refractivity contribution in [3.8, 4) is 0 Å². The fourth-order valence-corrected chi connectivity index (χ4v) is 2.70. The number of carboxylic acid groups (broad SMARTS) is 1. The number of hydrogen-bond donors (Lipinski definition) is 1. The minimum absolute atomic E-state index is 0.128.